The van der Waals surface area contributed by atoms with Gasteiger partial charge in [0.05, 0.1) is 4.90 Å². The lowest BCUT2D eigenvalue weighted by molar-refractivity contribution is 0.482. The first-order valence-corrected chi connectivity index (χ1v) is 6.24. The minimum Gasteiger partial charge on any atom is -0.282 e. The van der Waals surface area contributed by atoms with E-state index in [1.54, 1.807) is 18.2 Å². The Labute approximate surface area is 118 Å². The first-order chi connectivity index (χ1) is 7.50. The topological polar surface area (TPSA) is 54.4 Å². The van der Waals surface area contributed by atoms with E-state index >= 15 is 0 Å². The maximum absolute atomic E-state index is 11.2. The second kappa shape index (κ2) is 6.95. The van der Waals surface area contributed by atoms with Crippen molar-refractivity contribution in [3.05, 3.63) is 54.6 Å². The third-order valence-electron chi connectivity index (χ3n) is 2.22. The Kier molecular flexibility index (Phi) is 6.70. The second-order valence-electron chi connectivity index (χ2n) is 3.35. The molecule has 0 spiro atoms. The molecule has 0 heterocycles. The average Bonchev–Trinajstić information content (AvgIpc) is 2.19. The van der Waals surface area contributed by atoms with Gasteiger partial charge in [0.1, 0.15) is 0 Å². The zero-order valence-electron chi connectivity index (χ0n) is 9.59. The van der Waals surface area contributed by atoms with E-state index in [2.05, 4.69) is 13.2 Å². The van der Waals surface area contributed by atoms with Gasteiger partial charge in [0.2, 0.25) is 0 Å². The summed E-state index contributed by atoms with van der Waals surface area (Å²) in [5, 5.41) is 0. The smallest absolute Gasteiger partial charge is 0.282 e. The average molecular weight is 263 g/mol. The summed E-state index contributed by atoms with van der Waals surface area (Å²) in [7, 11) is -4.18. The van der Waals surface area contributed by atoms with Gasteiger partial charge in [-0.25, -0.2) is 0 Å². The molecule has 0 aliphatic carbocycles. The van der Waals surface area contributed by atoms with Crippen molar-refractivity contribution in [1.82, 2.24) is 0 Å². The lowest BCUT2D eigenvalue weighted by atomic mass is 10.0. The minimum absolute atomic E-state index is 0. The quantitative estimate of drug-likeness (QED) is 0.502. The summed E-state index contributed by atoms with van der Waals surface area (Å²) in [5.41, 5.74) is 1.42. The van der Waals surface area contributed by atoms with Crippen LogP contribution in [-0.2, 0) is 23.0 Å². The van der Waals surface area contributed by atoms with E-state index in [0.29, 0.717) is 18.4 Å². The molecule has 17 heavy (non-hydrogen) atoms. The highest BCUT2D eigenvalue weighted by molar-refractivity contribution is 7.85. The van der Waals surface area contributed by atoms with Crippen molar-refractivity contribution in [2.45, 2.75) is 17.7 Å². The Morgan fingerprint density at radius 2 is 1.76 bits per heavy atom. The predicted octanol–water partition coefficient (Wildman–Crippen LogP) is 2.01. The fraction of sp³-hybridized carbons (Fsp3) is 0.167. The maximum atomic E-state index is 11.2. The summed E-state index contributed by atoms with van der Waals surface area (Å²) < 4.78 is 31.5. The first-order valence-electron chi connectivity index (χ1n) is 4.80. The molecule has 0 aromatic heterocycles. The Morgan fingerprint density at radius 3 is 2.24 bits per heavy atom. The van der Waals surface area contributed by atoms with Crippen molar-refractivity contribution in [3.63, 3.8) is 0 Å². The van der Waals surface area contributed by atoms with E-state index in [-0.39, 0.29) is 27.9 Å². The van der Waals surface area contributed by atoms with Crippen LogP contribution >= 0.6 is 0 Å². The standard InChI is InChI=1S/C12H14O3S.Mg/c1-3-6-10-8-5-9-12(16(13,14)15)11(10)7-4-2;/h3-5,8-9H,1-2,6-7H2,(H,13,14,15);. The molecule has 5 heteroatoms. The molecule has 1 aromatic rings. The van der Waals surface area contributed by atoms with Gasteiger partial charge in [0.15, 0.2) is 0 Å². The van der Waals surface area contributed by atoms with Gasteiger partial charge in [-0.1, -0.05) is 24.3 Å². The normalized spacial score (nSPS) is 10.4. The fourth-order valence-corrected chi connectivity index (χ4v) is 2.35. The number of hydrogen-bond donors (Lipinski definition) is 1. The third kappa shape index (κ3) is 4.27. The molecule has 0 saturated carbocycles. The van der Waals surface area contributed by atoms with Crippen molar-refractivity contribution < 1.29 is 13.0 Å². The van der Waals surface area contributed by atoms with Gasteiger partial charge in [-0.2, -0.15) is 8.42 Å². The first kappa shape index (κ1) is 16.4. The molecular formula is C12H14MgO3S. The number of allylic oxidation sites excluding steroid dienone is 2. The Morgan fingerprint density at radius 1 is 1.18 bits per heavy atom. The monoisotopic (exact) mass is 262 g/mol. The largest absolute Gasteiger partial charge is 0.294 e. The van der Waals surface area contributed by atoms with Crippen LogP contribution in [0.3, 0.4) is 0 Å². The van der Waals surface area contributed by atoms with Crippen LogP contribution in [0.15, 0.2) is 48.4 Å². The minimum atomic E-state index is -4.18. The summed E-state index contributed by atoms with van der Waals surface area (Å²) >= 11 is 0. The molecule has 0 unspecified atom stereocenters. The molecule has 0 saturated heterocycles. The molecule has 0 bridgehead atoms. The van der Waals surface area contributed by atoms with E-state index in [4.69, 9.17) is 4.55 Å². The summed E-state index contributed by atoms with van der Waals surface area (Å²) in [6.45, 7) is 7.19. The third-order valence-corrected chi connectivity index (χ3v) is 3.16. The SMILES string of the molecule is C=CCc1cccc(S(=O)(=O)O)c1CC=C.[Mg]. The van der Waals surface area contributed by atoms with Gasteiger partial charge >= 0.3 is 0 Å². The Bertz CT molecular complexity index is 506. The van der Waals surface area contributed by atoms with Gasteiger partial charge in [0, 0.05) is 23.1 Å². The van der Waals surface area contributed by atoms with Crippen LogP contribution in [0.25, 0.3) is 0 Å². The molecule has 3 nitrogen and oxygen atoms in total. The zero-order valence-corrected chi connectivity index (χ0v) is 11.8. The zero-order chi connectivity index (χ0) is 12.2. The van der Waals surface area contributed by atoms with Gasteiger partial charge in [0.25, 0.3) is 10.1 Å². The highest BCUT2D eigenvalue weighted by Crippen LogP contribution is 2.21. The number of benzene rings is 1. The van der Waals surface area contributed by atoms with Crippen LogP contribution in [0.1, 0.15) is 11.1 Å². The van der Waals surface area contributed by atoms with Crippen molar-refractivity contribution in [2.24, 2.45) is 0 Å². The molecule has 0 fully saturated rings. The molecule has 0 aliphatic rings. The molecule has 0 aliphatic heterocycles. The van der Waals surface area contributed by atoms with Crippen LogP contribution in [-0.4, -0.2) is 36.0 Å². The van der Waals surface area contributed by atoms with E-state index in [1.165, 1.54) is 6.07 Å². The fourth-order valence-electron chi connectivity index (χ4n) is 1.58. The van der Waals surface area contributed by atoms with Crippen molar-refractivity contribution in [3.8, 4) is 0 Å². The van der Waals surface area contributed by atoms with Crippen LogP contribution in [0.4, 0.5) is 0 Å². The Hall–Kier alpha value is -0.624. The summed E-state index contributed by atoms with van der Waals surface area (Å²) in [6, 6.07) is 4.81. The number of hydrogen-bond acceptors (Lipinski definition) is 2. The van der Waals surface area contributed by atoms with Crippen LogP contribution in [0, 0.1) is 0 Å². The van der Waals surface area contributed by atoms with E-state index < -0.39 is 10.1 Å². The summed E-state index contributed by atoms with van der Waals surface area (Å²) in [4.78, 5) is -0.0493. The summed E-state index contributed by atoms with van der Waals surface area (Å²) in [6.07, 6.45) is 4.26. The molecule has 0 amide bonds. The van der Waals surface area contributed by atoms with Gasteiger partial charge in [-0.3, -0.25) is 4.55 Å². The van der Waals surface area contributed by atoms with E-state index in [0.717, 1.165) is 5.56 Å². The molecule has 0 atom stereocenters. The van der Waals surface area contributed by atoms with E-state index in [9.17, 15) is 8.42 Å². The van der Waals surface area contributed by atoms with Gasteiger partial charge in [-0.05, 0) is 30.0 Å². The highest BCUT2D eigenvalue weighted by Gasteiger charge is 2.16. The predicted molar refractivity (Wildman–Crippen MR) is 69.8 cm³/mol. The lowest BCUT2D eigenvalue weighted by Crippen LogP contribution is -2.05. The molecular weight excluding hydrogens is 249 g/mol. The highest BCUT2D eigenvalue weighted by atomic mass is 32.2. The summed E-state index contributed by atoms with van der Waals surface area (Å²) in [5.74, 6) is 0. The molecule has 2 radical (unpaired) electrons. The molecule has 1 N–H and O–H groups in total. The maximum Gasteiger partial charge on any atom is 0.294 e. The van der Waals surface area contributed by atoms with Crippen molar-refractivity contribution in [1.29, 1.82) is 0 Å². The van der Waals surface area contributed by atoms with Crippen LogP contribution in [0.2, 0.25) is 0 Å². The van der Waals surface area contributed by atoms with E-state index in [1.807, 2.05) is 6.07 Å². The van der Waals surface area contributed by atoms with Gasteiger partial charge < -0.3 is 0 Å². The van der Waals surface area contributed by atoms with Crippen molar-refractivity contribution >= 4 is 33.2 Å². The molecule has 1 aromatic carbocycles. The van der Waals surface area contributed by atoms with Gasteiger partial charge in [-0.15, -0.1) is 13.2 Å². The second-order valence-corrected chi connectivity index (χ2v) is 4.74. The number of rotatable bonds is 5. The molecule has 1 rings (SSSR count). The van der Waals surface area contributed by atoms with Crippen LogP contribution in [0.5, 0.6) is 0 Å². The Balaban J connectivity index is 0.00000256. The van der Waals surface area contributed by atoms with Crippen molar-refractivity contribution in [2.75, 3.05) is 0 Å². The lowest BCUT2D eigenvalue weighted by Gasteiger charge is -2.10. The van der Waals surface area contributed by atoms with Crippen LogP contribution < -0.4 is 0 Å². The molecule has 88 valence electrons.